The van der Waals surface area contributed by atoms with E-state index in [0.717, 1.165) is 11.3 Å². The molecule has 20 heavy (non-hydrogen) atoms. The minimum atomic E-state index is -0.331. The molecule has 0 amide bonds. The van der Waals surface area contributed by atoms with Crippen molar-refractivity contribution in [3.63, 3.8) is 0 Å². The van der Waals surface area contributed by atoms with Crippen LogP contribution < -0.4 is 4.74 Å². The summed E-state index contributed by atoms with van der Waals surface area (Å²) in [4.78, 5) is 11.9. The number of esters is 1. The number of carbonyl (C=O) groups excluding carboxylic acids is 1. The summed E-state index contributed by atoms with van der Waals surface area (Å²) in [6.45, 7) is 1.99. The molecule has 0 aromatic heterocycles. The Morgan fingerprint density at radius 1 is 1.20 bits per heavy atom. The van der Waals surface area contributed by atoms with E-state index in [1.165, 1.54) is 7.11 Å². The van der Waals surface area contributed by atoms with E-state index in [1.54, 1.807) is 7.11 Å². The van der Waals surface area contributed by atoms with Gasteiger partial charge in [0.1, 0.15) is 11.9 Å². The monoisotopic (exact) mass is 276 g/mol. The van der Waals surface area contributed by atoms with Crippen LogP contribution in [0.1, 0.15) is 13.3 Å². The Labute approximate surface area is 119 Å². The summed E-state index contributed by atoms with van der Waals surface area (Å²) in [5.41, 5.74) is 1.07. The van der Waals surface area contributed by atoms with Crippen molar-refractivity contribution in [2.75, 3.05) is 14.2 Å². The zero-order valence-electron chi connectivity index (χ0n) is 12.0. The fourth-order valence-corrected chi connectivity index (χ4v) is 2.45. The summed E-state index contributed by atoms with van der Waals surface area (Å²) in [5, 5.41) is 0. The first kappa shape index (κ1) is 14.6. The van der Waals surface area contributed by atoms with Gasteiger partial charge in [-0.3, -0.25) is 4.79 Å². The third-order valence-electron chi connectivity index (χ3n) is 3.60. The smallest absolute Gasteiger partial charge is 0.311 e. The average Bonchev–Trinajstić information content (AvgIpc) is 2.49. The summed E-state index contributed by atoms with van der Waals surface area (Å²) in [5.74, 6) is 0.203. The first-order chi connectivity index (χ1) is 9.65. The molecule has 1 aliphatic rings. The van der Waals surface area contributed by atoms with Crippen LogP contribution >= 0.6 is 0 Å². The highest BCUT2D eigenvalue weighted by molar-refractivity contribution is 5.74. The van der Waals surface area contributed by atoms with Gasteiger partial charge in [-0.25, -0.2) is 0 Å². The highest BCUT2D eigenvalue weighted by atomic mass is 16.5. The predicted octanol–water partition coefficient (Wildman–Crippen LogP) is 2.59. The number of hydrogen-bond acceptors (Lipinski definition) is 4. The van der Waals surface area contributed by atoms with Gasteiger partial charge in [-0.15, -0.1) is 0 Å². The lowest BCUT2D eigenvalue weighted by Crippen LogP contribution is -2.39. The molecule has 0 unspecified atom stereocenters. The SMILES string of the molecule is COC(=O)[C@H]1C[C@@H](Oc2ccccc2)C(C)=C[C@H]1OC. The van der Waals surface area contributed by atoms with Gasteiger partial charge in [0.15, 0.2) is 0 Å². The van der Waals surface area contributed by atoms with Crippen molar-refractivity contribution in [3.05, 3.63) is 42.0 Å². The number of benzene rings is 1. The van der Waals surface area contributed by atoms with Crippen LogP contribution in [0.4, 0.5) is 0 Å². The van der Waals surface area contributed by atoms with Crippen molar-refractivity contribution < 1.29 is 19.0 Å². The van der Waals surface area contributed by atoms with Gasteiger partial charge in [0, 0.05) is 13.5 Å². The van der Waals surface area contributed by atoms with Gasteiger partial charge in [0.05, 0.1) is 19.1 Å². The number of hydrogen-bond donors (Lipinski definition) is 0. The van der Waals surface area contributed by atoms with E-state index in [-0.39, 0.29) is 24.1 Å². The molecule has 0 spiro atoms. The number of para-hydroxylation sites is 1. The van der Waals surface area contributed by atoms with Gasteiger partial charge < -0.3 is 14.2 Å². The molecule has 3 atom stereocenters. The van der Waals surface area contributed by atoms with Crippen molar-refractivity contribution in [1.82, 2.24) is 0 Å². The first-order valence-corrected chi connectivity index (χ1v) is 6.66. The molecule has 0 heterocycles. The van der Waals surface area contributed by atoms with Gasteiger partial charge in [-0.1, -0.05) is 24.3 Å². The van der Waals surface area contributed by atoms with Gasteiger partial charge in [0.25, 0.3) is 0 Å². The Morgan fingerprint density at radius 3 is 2.50 bits per heavy atom. The minimum Gasteiger partial charge on any atom is -0.486 e. The van der Waals surface area contributed by atoms with Crippen LogP contribution in [0.3, 0.4) is 0 Å². The normalized spacial score (nSPS) is 25.8. The summed E-state index contributed by atoms with van der Waals surface area (Å²) >= 11 is 0. The Morgan fingerprint density at radius 2 is 1.90 bits per heavy atom. The molecule has 108 valence electrons. The molecule has 4 heteroatoms. The number of ether oxygens (including phenoxy) is 3. The molecular weight excluding hydrogens is 256 g/mol. The van der Waals surface area contributed by atoms with Crippen LogP contribution in [0.5, 0.6) is 5.75 Å². The molecule has 1 aliphatic carbocycles. The number of carbonyl (C=O) groups is 1. The van der Waals surface area contributed by atoms with Crippen molar-refractivity contribution in [2.24, 2.45) is 5.92 Å². The maximum Gasteiger partial charge on any atom is 0.311 e. The lowest BCUT2D eigenvalue weighted by atomic mass is 9.85. The fourth-order valence-electron chi connectivity index (χ4n) is 2.45. The van der Waals surface area contributed by atoms with Crippen molar-refractivity contribution in [3.8, 4) is 5.75 Å². The highest BCUT2D eigenvalue weighted by Crippen LogP contribution is 2.30. The van der Waals surface area contributed by atoms with Crippen molar-refractivity contribution in [1.29, 1.82) is 0 Å². The quantitative estimate of drug-likeness (QED) is 0.626. The molecular formula is C16H20O4. The molecule has 0 radical (unpaired) electrons. The van der Waals surface area contributed by atoms with Crippen LogP contribution in [-0.4, -0.2) is 32.4 Å². The molecule has 2 rings (SSSR count). The summed E-state index contributed by atoms with van der Waals surface area (Å²) in [6, 6.07) is 9.60. The predicted molar refractivity (Wildman–Crippen MR) is 75.5 cm³/mol. The molecule has 0 saturated carbocycles. The first-order valence-electron chi connectivity index (χ1n) is 6.66. The second kappa shape index (κ2) is 6.57. The number of methoxy groups -OCH3 is 2. The maximum atomic E-state index is 11.9. The van der Waals surface area contributed by atoms with E-state index < -0.39 is 0 Å². The van der Waals surface area contributed by atoms with E-state index in [0.29, 0.717) is 6.42 Å². The fraction of sp³-hybridized carbons (Fsp3) is 0.438. The maximum absolute atomic E-state index is 11.9. The topological polar surface area (TPSA) is 44.8 Å². The second-order valence-electron chi connectivity index (χ2n) is 4.90. The highest BCUT2D eigenvalue weighted by Gasteiger charge is 2.36. The van der Waals surface area contributed by atoms with E-state index >= 15 is 0 Å². The third kappa shape index (κ3) is 3.20. The van der Waals surface area contributed by atoms with Crippen LogP contribution in [0, 0.1) is 5.92 Å². The minimum absolute atomic E-state index is 0.132. The van der Waals surface area contributed by atoms with Gasteiger partial charge in [-0.2, -0.15) is 0 Å². The second-order valence-corrected chi connectivity index (χ2v) is 4.90. The van der Waals surface area contributed by atoms with Crippen LogP contribution in [0.15, 0.2) is 42.0 Å². The molecule has 0 N–H and O–H groups in total. The average molecular weight is 276 g/mol. The lowest BCUT2D eigenvalue weighted by molar-refractivity contribution is -0.150. The molecule has 1 aromatic carbocycles. The molecule has 0 saturated heterocycles. The van der Waals surface area contributed by atoms with Crippen LogP contribution in [0.25, 0.3) is 0 Å². The van der Waals surface area contributed by atoms with E-state index in [2.05, 4.69) is 0 Å². The summed E-state index contributed by atoms with van der Waals surface area (Å²) < 4.78 is 16.2. The van der Waals surface area contributed by atoms with E-state index in [1.807, 2.05) is 43.3 Å². The number of rotatable bonds is 4. The molecule has 0 bridgehead atoms. The van der Waals surface area contributed by atoms with Gasteiger partial charge >= 0.3 is 5.97 Å². The summed E-state index contributed by atoms with van der Waals surface area (Å²) in [6.07, 6.45) is 2.12. The van der Waals surface area contributed by atoms with Gasteiger partial charge in [0.2, 0.25) is 0 Å². The van der Waals surface area contributed by atoms with Crippen molar-refractivity contribution >= 4 is 5.97 Å². The zero-order chi connectivity index (χ0) is 14.5. The lowest BCUT2D eigenvalue weighted by Gasteiger charge is -2.32. The Hall–Kier alpha value is -1.81. The molecule has 0 fully saturated rings. The van der Waals surface area contributed by atoms with E-state index in [9.17, 15) is 4.79 Å². The Balaban J connectivity index is 2.16. The molecule has 0 aliphatic heterocycles. The third-order valence-corrected chi connectivity index (χ3v) is 3.60. The molecule has 1 aromatic rings. The standard InChI is InChI=1S/C16H20O4/c1-11-9-15(18-2)13(16(17)19-3)10-14(11)20-12-7-5-4-6-8-12/h4-9,13-15H,10H2,1-3H3/t13-,14+,15+/m0/s1. The van der Waals surface area contributed by atoms with Crippen molar-refractivity contribution in [2.45, 2.75) is 25.6 Å². The summed E-state index contributed by atoms with van der Waals surface area (Å²) in [7, 11) is 3.00. The van der Waals surface area contributed by atoms with Crippen LogP contribution in [-0.2, 0) is 14.3 Å². The van der Waals surface area contributed by atoms with Crippen LogP contribution in [0.2, 0.25) is 0 Å². The molecule has 4 nitrogen and oxygen atoms in total. The zero-order valence-corrected chi connectivity index (χ0v) is 12.0. The largest absolute Gasteiger partial charge is 0.486 e. The Bertz CT molecular complexity index is 481. The Kier molecular flexibility index (Phi) is 4.79. The van der Waals surface area contributed by atoms with E-state index in [4.69, 9.17) is 14.2 Å². The van der Waals surface area contributed by atoms with Gasteiger partial charge in [-0.05, 0) is 24.6 Å².